The third-order valence-electron chi connectivity index (χ3n) is 10.7. The van der Waals surface area contributed by atoms with Gasteiger partial charge in [-0.2, -0.15) is 0 Å². The lowest BCUT2D eigenvalue weighted by molar-refractivity contribution is -0.249. The van der Waals surface area contributed by atoms with E-state index in [1.165, 1.54) is 32.6 Å². The number of cyclic esters (lactones) is 1. The minimum Gasteiger partial charge on any atom is -0.472 e. The van der Waals surface area contributed by atoms with Crippen molar-refractivity contribution in [1.29, 1.82) is 0 Å². The third kappa shape index (κ3) is 2.78. The lowest BCUT2D eigenvalue weighted by atomic mass is 9.44. The number of furan rings is 1. The summed E-state index contributed by atoms with van der Waals surface area (Å²) < 4.78 is 21.6. The number of methoxy groups -OCH3 is 1. The molecule has 39 heavy (non-hydrogen) atoms. The van der Waals surface area contributed by atoms with Crippen molar-refractivity contribution in [2.75, 3.05) is 7.11 Å². The van der Waals surface area contributed by atoms with Crippen molar-refractivity contribution < 1.29 is 48.0 Å². The SMILES string of the molecule is COC(=O)CC1C2(C)CC3(O)C1(C)C1=C(C(=O)C3(O)C2OC(C)=O)C2=CC(=O)OC(c3ccoc3)C2(C)CC1. The van der Waals surface area contributed by atoms with Gasteiger partial charge in [-0.15, -0.1) is 0 Å². The van der Waals surface area contributed by atoms with Gasteiger partial charge in [0.25, 0.3) is 0 Å². The second kappa shape index (κ2) is 7.69. The highest BCUT2D eigenvalue weighted by molar-refractivity contribution is 6.11. The van der Waals surface area contributed by atoms with E-state index in [0.717, 1.165) is 0 Å². The predicted molar refractivity (Wildman–Crippen MR) is 131 cm³/mol. The average Bonchev–Trinajstić information content (AvgIpc) is 3.51. The molecule has 1 aliphatic heterocycles. The Morgan fingerprint density at radius 1 is 1.18 bits per heavy atom. The van der Waals surface area contributed by atoms with Gasteiger partial charge in [-0.05, 0) is 42.4 Å². The van der Waals surface area contributed by atoms with Crippen LogP contribution in [0.25, 0.3) is 0 Å². The maximum absolute atomic E-state index is 14.5. The number of ketones is 1. The highest BCUT2D eigenvalue weighted by atomic mass is 16.6. The number of rotatable bonds is 4. The maximum atomic E-state index is 14.5. The number of Topliss-reactive ketones (excluding diaryl/α,β-unsaturated/α-hetero) is 1. The first-order valence-electron chi connectivity index (χ1n) is 13.1. The highest BCUT2D eigenvalue weighted by Crippen LogP contribution is 2.79. The number of hydrogen-bond donors (Lipinski definition) is 2. The molecule has 10 heteroatoms. The molecule has 0 spiro atoms. The Kier molecular flexibility index (Phi) is 5.13. The molecule has 8 atom stereocenters. The van der Waals surface area contributed by atoms with Gasteiger partial charge in [-0.1, -0.05) is 20.8 Å². The minimum atomic E-state index is -2.50. The van der Waals surface area contributed by atoms with Gasteiger partial charge in [0.1, 0.15) is 17.8 Å². The summed E-state index contributed by atoms with van der Waals surface area (Å²) in [5.41, 5.74) is -6.02. The van der Waals surface area contributed by atoms with Crippen LogP contribution >= 0.6 is 0 Å². The fourth-order valence-corrected chi connectivity index (χ4v) is 8.98. The number of ether oxygens (including phenoxy) is 3. The van der Waals surface area contributed by atoms with Gasteiger partial charge in [0.05, 0.1) is 19.6 Å². The van der Waals surface area contributed by atoms with E-state index in [2.05, 4.69) is 0 Å². The molecule has 2 fully saturated rings. The zero-order chi connectivity index (χ0) is 28.3. The van der Waals surface area contributed by atoms with Crippen LogP contribution in [0.3, 0.4) is 0 Å². The van der Waals surface area contributed by atoms with Crippen LogP contribution in [0.4, 0.5) is 0 Å². The maximum Gasteiger partial charge on any atom is 0.331 e. The van der Waals surface area contributed by atoms with Crippen LogP contribution in [-0.4, -0.2) is 58.3 Å². The molecular formula is C29H32O10. The van der Waals surface area contributed by atoms with E-state index >= 15 is 0 Å². The number of carbonyl (C=O) groups excluding carboxylic acids is 4. The molecule has 2 heterocycles. The molecule has 2 N–H and O–H groups in total. The summed E-state index contributed by atoms with van der Waals surface area (Å²) in [5, 5.41) is 24.7. The van der Waals surface area contributed by atoms with E-state index in [0.29, 0.717) is 29.6 Å². The first-order chi connectivity index (χ1) is 18.2. The van der Waals surface area contributed by atoms with E-state index in [1.54, 1.807) is 19.9 Å². The van der Waals surface area contributed by atoms with Crippen LogP contribution in [0.1, 0.15) is 65.0 Å². The van der Waals surface area contributed by atoms with Crippen LogP contribution < -0.4 is 0 Å². The summed E-state index contributed by atoms with van der Waals surface area (Å²) >= 11 is 0. The molecule has 1 aromatic heterocycles. The number of hydrogen-bond acceptors (Lipinski definition) is 10. The molecule has 8 unspecified atom stereocenters. The van der Waals surface area contributed by atoms with E-state index in [9.17, 15) is 29.4 Å². The average molecular weight is 541 g/mol. The van der Waals surface area contributed by atoms with Crippen molar-refractivity contribution in [2.24, 2.45) is 22.2 Å². The Labute approximate surface area is 225 Å². The van der Waals surface area contributed by atoms with Crippen LogP contribution in [0.15, 0.2) is 45.8 Å². The van der Waals surface area contributed by atoms with Crippen molar-refractivity contribution >= 4 is 23.7 Å². The highest BCUT2D eigenvalue weighted by Gasteiger charge is 2.89. The molecule has 6 rings (SSSR count). The van der Waals surface area contributed by atoms with Gasteiger partial charge in [0, 0.05) is 46.8 Å². The van der Waals surface area contributed by atoms with E-state index in [1.807, 2.05) is 6.92 Å². The molecule has 4 aliphatic carbocycles. The monoisotopic (exact) mass is 540 g/mol. The number of fused-ring (bicyclic) bond motifs is 4. The van der Waals surface area contributed by atoms with E-state index < -0.39 is 69.3 Å². The summed E-state index contributed by atoms with van der Waals surface area (Å²) in [6.07, 6.45) is 2.70. The molecule has 5 aliphatic rings. The zero-order valence-electron chi connectivity index (χ0n) is 22.5. The molecule has 0 amide bonds. The Hall–Kier alpha value is -3.24. The lowest BCUT2D eigenvalue weighted by Crippen LogP contribution is -2.76. The molecule has 0 radical (unpaired) electrons. The van der Waals surface area contributed by atoms with Gasteiger partial charge in [0.15, 0.2) is 5.60 Å². The number of aliphatic hydroxyl groups is 2. The lowest BCUT2D eigenvalue weighted by Gasteiger charge is -2.63. The Morgan fingerprint density at radius 2 is 1.90 bits per heavy atom. The van der Waals surface area contributed by atoms with Crippen molar-refractivity contribution in [3.8, 4) is 0 Å². The molecule has 1 aromatic rings. The fraction of sp³-hybridized carbons (Fsp3) is 0.586. The van der Waals surface area contributed by atoms with Crippen LogP contribution in [0.5, 0.6) is 0 Å². The van der Waals surface area contributed by atoms with Crippen LogP contribution in [0.2, 0.25) is 0 Å². The van der Waals surface area contributed by atoms with Gasteiger partial charge in [-0.3, -0.25) is 14.4 Å². The first-order valence-corrected chi connectivity index (χ1v) is 13.1. The van der Waals surface area contributed by atoms with Crippen molar-refractivity contribution in [3.05, 3.63) is 47.0 Å². The summed E-state index contributed by atoms with van der Waals surface area (Å²) in [7, 11) is 1.27. The summed E-state index contributed by atoms with van der Waals surface area (Å²) in [5.74, 6) is -3.34. The Balaban J connectivity index is 1.62. The topological polar surface area (TPSA) is 150 Å². The van der Waals surface area contributed by atoms with Crippen molar-refractivity contribution in [1.82, 2.24) is 0 Å². The summed E-state index contributed by atoms with van der Waals surface area (Å²) in [6, 6.07) is 1.70. The summed E-state index contributed by atoms with van der Waals surface area (Å²) in [6.45, 7) is 6.56. The quantitative estimate of drug-likeness (QED) is 0.431. The third-order valence-corrected chi connectivity index (χ3v) is 10.7. The van der Waals surface area contributed by atoms with Gasteiger partial charge in [-0.25, -0.2) is 4.79 Å². The molecule has 0 aromatic carbocycles. The van der Waals surface area contributed by atoms with Crippen LogP contribution in [0, 0.1) is 22.2 Å². The molecule has 2 bridgehead atoms. The predicted octanol–water partition coefficient (Wildman–Crippen LogP) is 2.49. The van der Waals surface area contributed by atoms with Gasteiger partial charge in [0.2, 0.25) is 5.78 Å². The van der Waals surface area contributed by atoms with Crippen molar-refractivity contribution in [2.45, 2.75) is 76.8 Å². The van der Waals surface area contributed by atoms with Gasteiger partial charge < -0.3 is 28.8 Å². The largest absolute Gasteiger partial charge is 0.472 e. The Bertz CT molecular complexity index is 1390. The van der Waals surface area contributed by atoms with E-state index in [-0.39, 0.29) is 18.4 Å². The minimum absolute atomic E-state index is 0.0644. The fourth-order valence-electron chi connectivity index (χ4n) is 8.98. The molecular weight excluding hydrogens is 508 g/mol. The second-order valence-electron chi connectivity index (χ2n) is 12.4. The smallest absolute Gasteiger partial charge is 0.331 e. The first kappa shape index (κ1) is 26.0. The number of carbonyl (C=O) groups is 4. The summed E-state index contributed by atoms with van der Waals surface area (Å²) in [4.78, 5) is 52.4. The van der Waals surface area contributed by atoms with E-state index in [4.69, 9.17) is 18.6 Å². The van der Waals surface area contributed by atoms with Gasteiger partial charge >= 0.3 is 17.9 Å². The standard InChI is InChI=1S/C29H32O10/c1-14(30)38-24-26(3)13-28(34)27(4,18(26)11-19(31)36-5)16-6-8-25(2)17(21(16)22(33)29(24,28)35)10-20(32)39-23(25)15-7-9-37-12-15/h7,9-10,12,18,23-24,34-35H,6,8,11,13H2,1-5H3. The molecule has 208 valence electrons. The normalized spacial score (nSPS) is 43.9. The van der Waals surface area contributed by atoms with Crippen LogP contribution in [-0.2, 0) is 33.4 Å². The van der Waals surface area contributed by atoms with Crippen molar-refractivity contribution in [3.63, 3.8) is 0 Å². The Morgan fingerprint density at radius 3 is 2.51 bits per heavy atom. The zero-order valence-corrected chi connectivity index (χ0v) is 22.5. The molecule has 2 saturated carbocycles. The second-order valence-corrected chi connectivity index (χ2v) is 12.4. The molecule has 10 nitrogen and oxygen atoms in total. The molecule has 0 saturated heterocycles. The number of esters is 3.